The average Bonchev–Trinajstić information content (AvgIpc) is 2.39. The van der Waals surface area contributed by atoms with Gasteiger partial charge in [0.05, 0.1) is 16.1 Å². The third-order valence-electron chi connectivity index (χ3n) is 2.55. The first-order valence-electron chi connectivity index (χ1n) is 5.53. The molecule has 16 heavy (non-hydrogen) atoms. The van der Waals surface area contributed by atoms with Crippen LogP contribution in [0.15, 0.2) is 12.3 Å². The van der Waals surface area contributed by atoms with Crippen molar-refractivity contribution in [3.8, 4) is 0 Å². The second-order valence-corrected chi connectivity index (χ2v) is 4.49. The van der Waals surface area contributed by atoms with E-state index in [4.69, 9.17) is 0 Å². The van der Waals surface area contributed by atoms with Crippen LogP contribution in [0.3, 0.4) is 0 Å². The molecule has 88 valence electrons. The van der Waals surface area contributed by atoms with Gasteiger partial charge in [-0.05, 0) is 6.92 Å². The molecule has 0 atom stereocenters. The van der Waals surface area contributed by atoms with Crippen LogP contribution in [0.1, 0.15) is 6.92 Å². The highest BCUT2D eigenvalue weighted by molar-refractivity contribution is 9.10. The highest BCUT2D eigenvalue weighted by Crippen LogP contribution is 2.17. The normalized spacial score (nSPS) is 16.2. The van der Waals surface area contributed by atoms with Crippen molar-refractivity contribution in [2.24, 2.45) is 0 Å². The molecule has 0 radical (unpaired) electrons. The Balaban J connectivity index is 2.14. The summed E-state index contributed by atoms with van der Waals surface area (Å²) in [5.41, 5.74) is 0. The monoisotopic (exact) mass is 285 g/mol. The Morgan fingerprint density at radius 2 is 2.25 bits per heavy atom. The average molecular weight is 286 g/mol. The Labute approximate surface area is 104 Å². The lowest BCUT2D eigenvalue weighted by Gasteiger charge is -2.27. The lowest BCUT2D eigenvalue weighted by molar-refractivity contribution is 0.580. The number of piperazine rings is 1. The van der Waals surface area contributed by atoms with Crippen molar-refractivity contribution in [2.45, 2.75) is 6.92 Å². The summed E-state index contributed by atoms with van der Waals surface area (Å²) in [6, 6.07) is 1.91. The maximum absolute atomic E-state index is 4.53. The van der Waals surface area contributed by atoms with Crippen LogP contribution >= 0.6 is 16.1 Å². The molecule has 0 aliphatic carbocycles. The number of halogens is 1. The largest absolute Gasteiger partial charge is 0.338 e. The lowest BCUT2D eigenvalue weighted by Crippen LogP contribution is -2.44. The molecule has 1 saturated heterocycles. The number of nitrogens with zero attached hydrogens (tertiary/aromatic N) is 4. The van der Waals surface area contributed by atoms with Gasteiger partial charge in [-0.2, -0.15) is 4.98 Å². The molecule has 0 amide bonds. The van der Waals surface area contributed by atoms with Crippen molar-refractivity contribution < 1.29 is 0 Å². The van der Waals surface area contributed by atoms with Gasteiger partial charge in [0.25, 0.3) is 0 Å². The molecule has 5 nitrogen and oxygen atoms in total. The van der Waals surface area contributed by atoms with Gasteiger partial charge in [-0.25, -0.2) is 4.98 Å². The van der Waals surface area contributed by atoms with E-state index in [1.54, 1.807) is 0 Å². The Bertz CT molecular complexity index is 340. The van der Waals surface area contributed by atoms with Crippen molar-refractivity contribution in [2.75, 3.05) is 41.5 Å². The van der Waals surface area contributed by atoms with Gasteiger partial charge in [0.1, 0.15) is 5.82 Å². The lowest BCUT2D eigenvalue weighted by atomic mass is 10.4. The highest BCUT2D eigenvalue weighted by atomic mass is 79.9. The van der Waals surface area contributed by atoms with E-state index in [2.05, 4.69) is 43.3 Å². The number of nitrogens with one attached hydrogen (secondary N) is 1. The number of hydrogen-bond acceptors (Lipinski definition) is 5. The highest BCUT2D eigenvalue weighted by Gasteiger charge is 2.14. The molecule has 2 rings (SSSR count). The molecular weight excluding hydrogens is 270 g/mol. The van der Waals surface area contributed by atoms with E-state index in [0.29, 0.717) is 0 Å². The molecule has 1 aromatic heterocycles. The Morgan fingerprint density at radius 1 is 1.50 bits per heavy atom. The van der Waals surface area contributed by atoms with Crippen LogP contribution in [0, 0.1) is 0 Å². The molecule has 2 heterocycles. The summed E-state index contributed by atoms with van der Waals surface area (Å²) in [4.78, 5) is 11.1. The smallest absolute Gasteiger partial charge is 0.227 e. The van der Waals surface area contributed by atoms with Gasteiger partial charge in [0.15, 0.2) is 0 Å². The minimum Gasteiger partial charge on any atom is -0.338 e. The van der Waals surface area contributed by atoms with Crippen molar-refractivity contribution in [3.05, 3.63) is 12.3 Å². The number of aromatic nitrogens is 2. The molecule has 0 unspecified atom stereocenters. The SMILES string of the molecule is CCN(Br)c1ccnc(N2CCNCC2)n1. The van der Waals surface area contributed by atoms with Crippen LogP contribution in [0.25, 0.3) is 0 Å². The van der Waals surface area contributed by atoms with E-state index >= 15 is 0 Å². The van der Waals surface area contributed by atoms with Gasteiger partial charge >= 0.3 is 0 Å². The minimum absolute atomic E-state index is 0.817. The molecule has 1 fully saturated rings. The molecule has 1 aliphatic rings. The molecule has 1 N–H and O–H groups in total. The molecule has 6 heteroatoms. The van der Waals surface area contributed by atoms with Crippen molar-refractivity contribution in [1.82, 2.24) is 15.3 Å². The zero-order valence-electron chi connectivity index (χ0n) is 9.36. The van der Waals surface area contributed by atoms with Crippen molar-refractivity contribution in [1.29, 1.82) is 0 Å². The summed E-state index contributed by atoms with van der Waals surface area (Å²) in [6.07, 6.45) is 1.81. The van der Waals surface area contributed by atoms with Crippen LogP contribution in [0.4, 0.5) is 11.8 Å². The van der Waals surface area contributed by atoms with Crippen LogP contribution in [0.2, 0.25) is 0 Å². The maximum atomic E-state index is 4.53. The van der Waals surface area contributed by atoms with Gasteiger partial charge in [-0.1, -0.05) is 0 Å². The molecule has 1 aliphatic heterocycles. The maximum Gasteiger partial charge on any atom is 0.227 e. The van der Waals surface area contributed by atoms with Crippen molar-refractivity contribution >= 4 is 27.9 Å². The summed E-state index contributed by atoms with van der Waals surface area (Å²) >= 11 is 3.46. The summed E-state index contributed by atoms with van der Waals surface area (Å²) in [5.74, 6) is 1.72. The molecule has 1 aromatic rings. The Kier molecular flexibility index (Phi) is 3.95. The fourth-order valence-corrected chi connectivity index (χ4v) is 1.85. The number of rotatable bonds is 3. The zero-order valence-corrected chi connectivity index (χ0v) is 10.9. The zero-order chi connectivity index (χ0) is 11.4. The molecule has 0 spiro atoms. The van der Waals surface area contributed by atoms with Gasteiger partial charge in [0.2, 0.25) is 5.95 Å². The predicted molar refractivity (Wildman–Crippen MR) is 69.1 cm³/mol. The van der Waals surface area contributed by atoms with Crippen LogP contribution < -0.4 is 14.1 Å². The molecule has 0 aromatic carbocycles. The summed E-state index contributed by atoms with van der Waals surface area (Å²) in [6.45, 7) is 6.88. The summed E-state index contributed by atoms with van der Waals surface area (Å²) in [7, 11) is 0. The summed E-state index contributed by atoms with van der Waals surface area (Å²) in [5, 5.41) is 3.32. The third kappa shape index (κ3) is 2.62. The van der Waals surface area contributed by atoms with Gasteiger partial charge in [-0.15, -0.1) is 0 Å². The molecule has 0 saturated carbocycles. The first-order chi connectivity index (χ1) is 7.81. The van der Waals surface area contributed by atoms with Crippen LogP contribution in [-0.2, 0) is 0 Å². The van der Waals surface area contributed by atoms with Crippen molar-refractivity contribution in [3.63, 3.8) is 0 Å². The molecular formula is C10H16BrN5. The first-order valence-corrected chi connectivity index (χ1v) is 6.24. The number of anilines is 2. The Hall–Kier alpha value is -0.880. The van der Waals surface area contributed by atoms with Crippen LogP contribution in [0.5, 0.6) is 0 Å². The first kappa shape index (κ1) is 11.6. The summed E-state index contributed by atoms with van der Waals surface area (Å²) < 4.78 is 1.93. The quantitative estimate of drug-likeness (QED) is 0.841. The standard InChI is InChI=1S/C10H16BrN5/c1-2-16(11)9-3-4-13-10(14-9)15-7-5-12-6-8-15/h3-4,12H,2,5-8H2,1H3. The topological polar surface area (TPSA) is 44.3 Å². The molecule has 0 bridgehead atoms. The second-order valence-electron chi connectivity index (χ2n) is 3.63. The van der Waals surface area contributed by atoms with E-state index in [1.165, 1.54) is 0 Å². The van der Waals surface area contributed by atoms with E-state index in [1.807, 2.05) is 16.2 Å². The third-order valence-corrected chi connectivity index (χ3v) is 3.42. The van der Waals surface area contributed by atoms with Gasteiger partial charge in [0, 0.05) is 45.0 Å². The van der Waals surface area contributed by atoms with E-state index in [-0.39, 0.29) is 0 Å². The van der Waals surface area contributed by atoms with Gasteiger partial charge in [-0.3, -0.25) is 3.93 Å². The van der Waals surface area contributed by atoms with E-state index < -0.39 is 0 Å². The second kappa shape index (κ2) is 5.45. The predicted octanol–water partition coefficient (Wildman–Crippen LogP) is 1.02. The van der Waals surface area contributed by atoms with Gasteiger partial charge < -0.3 is 10.2 Å². The van der Waals surface area contributed by atoms with E-state index in [9.17, 15) is 0 Å². The minimum atomic E-state index is 0.817. The number of hydrogen-bond donors (Lipinski definition) is 1. The van der Waals surface area contributed by atoms with E-state index in [0.717, 1.165) is 44.5 Å². The fourth-order valence-electron chi connectivity index (χ4n) is 1.65. The van der Waals surface area contributed by atoms with Crippen LogP contribution in [-0.4, -0.2) is 42.7 Å². The fraction of sp³-hybridized carbons (Fsp3) is 0.600. The Morgan fingerprint density at radius 3 is 2.94 bits per heavy atom.